The first-order valence-electron chi connectivity index (χ1n) is 3.87. The van der Waals surface area contributed by atoms with Crippen molar-refractivity contribution in [3.8, 4) is 0 Å². The van der Waals surface area contributed by atoms with Crippen LogP contribution in [0.3, 0.4) is 0 Å². The molecule has 0 N–H and O–H groups in total. The molecule has 0 bridgehead atoms. The van der Waals surface area contributed by atoms with Gasteiger partial charge in [0.1, 0.15) is 0 Å². The van der Waals surface area contributed by atoms with Gasteiger partial charge >= 0.3 is 0 Å². The van der Waals surface area contributed by atoms with Gasteiger partial charge < -0.3 is 0 Å². The molecule has 0 heterocycles. The highest BCUT2D eigenvalue weighted by Crippen LogP contribution is 2.07. The first kappa shape index (κ1) is 10.2. The molecule has 0 spiro atoms. The minimum Gasteiger partial charge on any atom is -0.295 e. The van der Waals surface area contributed by atoms with E-state index in [1.165, 1.54) is 0 Å². The summed E-state index contributed by atoms with van der Waals surface area (Å²) in [6, 6.07) is 0. The Bertz CT molecular complexity index is 183. The van der Waals surface area contributed by atoms with E-state index in [0.29, 0.717) is 6.42 Å². The lowest BCUT2D eigenvalue weighted by atomic mass is 10.0. The van der Waals surface area contributed by atoms with Crippen molar-refractivity contribution in [1.82, 2.24) is 0 Å². The molecule has 0 rings (SSSR count). The summed E-state index contributed by atoms with van der Waals surface area (Å²) in [5.74, 6) is 0.241. The van der Waals surface area contributed by atoms with Crippen LogP contribution in [0.2, 0.25) is 0 Å². The second kappa shape index (κ2) is 4.89. The molecule has 0 unspecified atom stereocenters. The number of Topliss-reactive ketones (excluding diaryl/α,β-unsaturated/α-hetero) is 1. The van der Waals surface area contributed by atoms with Crippen LogP contribution in [0.4, 0.5) is 0 Å². The van der Waals surface area contributed by atoms with Gasteiger partial charge in [0.25, 0.3) is 0 Å². The monoisotopic (exact) mass is 152 g/mol. The van der Waals surface area contributed by atoms with Crippen LogP contribution < -0.4 is 0 Å². The minimum absolute atomic E-state index is 0.241. The van der Waals surface area contributed by atoms with Crippen molar-refractivity contribution in [2.75, 3.05) is 0 Å². The van der Waals surface area contributed by atoms with Gasteiger partial charge in [0, 0.05) is 6.42 Å². The van der Waals surface area contributed by atoms with Crippen LogP contribution in [0.5, 0.6) is 0 Å². The fourth-order valence-electron chi connectivity index (χ4n) is 0.699. The molecular weight excluding hydrogens is 136 g/mol. The molecule has 0 saturated carbocycles. The van der Waals surface area contributed by atoms with E-state index in [4.69, 9.17) is 0 Å². The Morgan fingerprint density at radius 1 is 1.36 bits per heavy atom. The van der Waals surface area contributed by atoms with Crippen LogP contribution in [0.15, 0.2) is 23.8 Å². The van der Waals surface area contributed by atoms with Gasteiger partial charge in [0.2, 0.25) is 0 Å². The predicted molar refractivity (Wildman–Crippen MR) is 48.5 cm³/mol. The summed E-state index contributed by atoms with van der Waals surface area (Å²) in [5, 5.41) is 0. The molecule has 0 fully saturated rings. The normalized spacial score (nSPS) is 9.00. The second-order valence-electron chi connectivity index (χ2n) is 2.88. The third-order valence-corrected chi connectivity index (χ3v) is 1.74. The maximum atomic E-state index is 11.2. The van der Waals surface area contributed by atoms with Crippen molar-refractivity contribution < 1.29 is 4.79 Å². The van der Waals surface area contributed by atoms with Gasteiger partial charge in [-0.05, 0) is 32.8 Å². The van der Waals surface area contributed by atoms with E-state index in [2.05, 4.69) is 6.58 Å². The summed E-state index contributed by atoms with van der Waals surface area (Å²) >= 11 is 0. The third kappa shape index (κ3) is 3.76. The summed E-state index contributed by atoms with van der Waals surface area (Å²) in [6.07, 6.45) is 3.15. The second-order valence-corrected chi connectivity index (χ2v) is 2.88. The smallest absolute Gasteiger partial charge is 0.158 e. The van der Waals surface area contributed by atoms with Crippen LogP contribution in [0, 0.1) is 0 Å². The maximum absolute atomic E-state index is 11.2. The van der Waals surface area contributed by atoms with Gasteiger partial charge in [-0.2, -0.15) is 0 Å². The van der Waals surface area contributed by atoms with Crippen molar-refractivity contribution in [3.05, 3.63) is 23.8 Å². The van der Waals surface area contributed by atoms with E-state index in [1.807, 2.05) is 20.8 Å². The molecule has 0 aliphatic carbocycles. The van der Waals surface area contributed by atoms with Crippen molar-refractivity contribution in [2.24, 2.45) is 0 Å². The summed E-state index contributed by atoms with van der Waals surface area (Å²) in [4.78, 5) is 11.2. The minimum atomic E-state index is 0.241. The Hall–Kier alpha value is -0.850. The number of allylic oxidation sites excluding steroid dienone is 3. The van der Waals surface area contributed by atoms with Gasteiger partial charge in [-0.1, -0.05) is 11.6 Å². The van der Waals surface area contributed by atoms with E-state index in [0.717, 1.165) is 17.6 Å². The quantitative estimate of drug-likeness (QED) is 0.447. The zero-order valence-electron chi connectivity index (χ0n) is 7.61. The Morgan fingerprint density at radius 2 is 1.91 bits per heavy atom. The summed E-state index contributed by atoms with van der Waals surface area (Å²) in [6.45, 7) is 9.36. The molecule has 0 saturated heterocycles. The molecule has 0 aromatic rings. The Kier molecular flexibility index (Phi) is 4.51. The number of carbonyl (C=O) groups excluding carboxylic acids is 1. The van der Waals surface area contributed by atoms with E-state index in [1.54, 1.807) is 6.08 Å². The molecule has 0 atom stereocenters. The molecule has 1 heteroatoms. The number of carbonyl (C=O) groups is 1. The average molecular weight is 152 g/mol. The molecule has 0 aromatic carbocycles. The highest BCUT2D eigenvalue weighted by atomic mass is 16.1. The van der Waals surface area contributed by atoms with Crippen LogP contribution in [0.25, 0.3) is 0 Å². The summed E-state index contributed by atoms with van der Waals surface area (Å²) < 4.78 is 0. The SMILES string of the molecule is C=CCCC(=O)C(C)=C(C)C. The van der Waals surface area contributed by atoms with Gasteiger partial charge in [-0.25, -0.2) is 0 Å². The molecule has 11 heavy (non-hydrogen) atoms. The number of rotatable bonds is 4. The van der Waals surface area contributed by atoms with E-state index in [9.17, 15) is 4.79 Å². The van der Waals surface area contributed by atoms with Crippen LogP contribution in [-0.2, 0) is 4.79 Å². The number of ketones is 1. The van der Waals surface area contributed by atoms with Crippen LogP contribution in [0.1, 0.15) is 33.6 Å². The average Bonchev–Trinajstić information content (AvgIpc) is 1.98. The molecule has 0 aliphatic heterocycles. The largest absolute Gasteiger partial charge is 0.295 e. The Morgan fingerprint density at radius 3 is 2.27 bits per heavy atom. The summed E-state index contributed by atoms with van der Waals surface area (Å²) in [5.41, 5.74) is 2.01. The molecule has 62 valence electrons. The Labute approximate surface area is 68.8 Å². The predicted octanol–water partition coefficient (Wildman–Crippen LogP) is 2.88. The molecule has 0 aliphatic rings. The lowest BCUT2D eigenvalue weighted by Crippen LogP contribution is -1.99. The highest BCUT2D eigenvalue weighted by Gasteiger charge is 2.03. The van der Waals surface area contributed by atoms with Gasteiger partial charge in [0.15, 0.2) is 5.78 Å². The first-order valence-corrected chi connectivity index (χ1v) is 3.87. The molecule has 0 amide bonds. The fourth-order valence-corrected chi connectivity index (χ4v) is 0.699. The van der Waals surface area contributed by atoms with Crippen LogP contribution in [-0.4, -0.2) is 5.78 Å². The first-order chi connectivity index (χ1) is 5.09. The zero-order valence-corrected chi connectivity index (χ0v) is 7.61. The number of hydrogen-bond donors (Lipinski definition) is 0. The van der Waals surface area contributed by atoms with E-state index >= 15 is 0 Å². The lowest BCUT2D eigenvalue weighted by Gasteiger charge is -2.00. The molecular formula is C10H16O. The van der Waals surface area contributed by atoms with E-state index in [-0.39, 0.29) is 5.78 Å². The van der Waals surface area contributed by atoms with Crippen LogP contribution >= 0.6 is 0 Å². The van der Waals surface area contributed by atoms with E-state index < -0.39 is 0 Å². The topological polar surface area (TPSA) is 17.1 Å². The molecule has 0 aromatic heterocycles. The highest BCUT2D eigenvalue weighted by molar-refractivity contribution is 5.95. The van der Waals surface area contributed by atoms with Crippen molar-refractivity contribution in [1.29, 1.82) is 0 Å². The van der Waals surface area contributed by atoms with Gasteiger partial charge in [0.05, 0.1) is 0 Å². The van der Waals surface area contributed by atoms with Crippen molar-refractivity contribution in [2.45, 2.75) is 33.6 Å². The number of hydrogen-bond acceptors (Lipinski definition) is 1. The van der Waals surface area contributed by atoms with Gasteiger partial charge in [-0.3, -0.25) is 4.79 Å². The zero-order chi connectivity index (χ0) is 8.85. The van der Waals surface area contributed by atoms with Gasteiger partial charge in [-0.15, -0.1) is 6.58 Å². The maximum Gasteiger partial charge on any atom is 0.158 e. The molecule has 1 nitrogen and oxygen atoms in total. The Balaban J connectivity index is 4.04. The summed E-state index contributed by atoms with van der Waals surface area (Å²) in [7, 11) is 0. The standard InChI is InChI=1S/C10H16O/c1-5-6-7-10(11)9(4)8(2)3/h5H,1,6-7H2,2-4H3. The van der Waals surface area contributed by atoms with Crippen molar-refractivity contribution >= 4 is 5.78 Å². The van der Waals surface area contributed by atoms with Crippen molar-refractivity contribution in [3.63, 3.8) is 0 Å². The molecule has 0 radical (unpaired) electrons. The third-order valence-electron chi connectivity index (χ3n) is 1.74. The fraction of sp³-hybridized carbons (Fsp3) is 0.500. The lowest BCUT2D eigenvalue weighted by molar-refractivity contribution is -0.115.